The van der Waals surface area contributed by atoms with E-state index in [0.29, 0.717) is 26.2 Å². The average molecular weight is 323 g/mol. The lowest BCUT2D eigenvalue weighted by atomic mass is 10.1. The molecule has 120 valence electrons. The highest BCUT2D eigenvalue weighted by Crippen LogP contribution is 2.14. The van der Waals surface area contributed by atoms with Crippen molar-refractivity contribution in [2.45, 2.75) is 32.7 Å². The normalized spacial score (nSPS) is 10.7. The number of carboxylic acids is 1. The third-order valence-electron chi connectivity index (χ3n) is 2.82. The maximum Gasteiger partial charge on any atom is 0.394 e. The van der Waals surface area contributed by atoms with Crippen LogP contribution in [0.25, 0.3) is 0 Å². The molecular weight excluding hydrogens is 302 g/mol. The largest absolute Gasteiger partial charge is 0.474 e. The first-order chi connectivity index (χ1) is 10.3. The van der Waals surface area contributed by atoms with Crippen molar-refractivity contribution >= 4 is 23.2 Å². The number of amides is 1. The van der Waals surface area contributed by atoms with E-state index in [4.69, 9.17) is 9.84 Å². The molecule has 1 aromatic heterocycles. The van der Waals surface area contributed by atoms with E-state index in [1.54, 1.807) is 32.1 Å². The lowest BCUT2D eigenvalue weighted by molar-refractivity contribution is -0.158. The monoisotopic (exact) mass is 323 g/mol. The van der Waals surface area contributed by atoms with E-state index in [9.17, 15) is 9.59 Å². The van der Waals surface area contributed by atoms with Gasteiger partial charge in [0, 0.05) is 18.7 Å². The highest BCUT2D eigenvalue weighted by Gasteiger charge is 2.30. The lowest BCUT2D eigenvalue weighted by Crippen LogP contribution is -2.49. The van der Waals surface area contributed by atoms with E-state index in [1.165, 1.54) is 4.90 Å². The number of hydrogen-bond donors (Lipinski definition) is 1. The molecule has 1 heterocycles. The molecule has 1 rings (SSSR count). The van der Waals surface area contributed by atoms with Gasteiger partial charge in [-0.15, -0.1) is 11.3 Å². The molecule has 1 N–H and O–H groups in total. The van der Waals surface area contributed by atoms with Gasteiger partial charge in [-0.05, 0) is 38.6 Å². The summed E-state index contributed by atoms with van der Waals surface area (Å²) in [6.07, 6.45) is 0.566. The number of aliphatic carboxylic acids is 1. The molecule has 0 saturated carbocycles. The summed E-state index contributed by atoms with van der Waals surface area (Å²) in [7, 11) is 0. The molecule has 5 nitrogen and oxygen atoms in total. The molecule has 1 aromatic rings. The van der Waals surface area contributed by atoms with Crippen molar-refractivity contribution in [3.8, 4) is 11.8 Å². The number of rotatable bonds is 5. The SMILES string of the molecule is CC(C)(C)N(CCCOCC#Cc1cccs1)C(=O)C(=O)O. The van der Waals surface area contributed by atoms with Crippen molar-refractivity contribution < 1.29 is 19.4 Å². The van der Waals surface area contributed by atoms with Gasteiger partial charge < -0.3 is 14.7 Å². The van der Waals surface area contributed by atoms with Crippen LogP contribution in [0.3, 0.4) is 0 Å². The Labute approximate surface area is 134 Å². The van der Waals surface area contributed by atoms with Crippen LogP contribution in [0.2, 0.25) is 0 Å². The molecule has 0 atom stereocenters. The molecule has 6 heteroatoms. The minimum Gasteiger partial charge on any atom is -0.474 e. The van der Waals surface area contributed by atoms with Gasteiger partial charge in [-0.3, -0.25) is 4.79 Å². The third kappa shape index (κ3) is 6.29. The third-order valence-corrected chi connectivity index (χ3v) is 3.60. The summed E-state index contributed by atoms with van der Waals surface area (Å²) in [5.74, 6) is 3.58. The summed E-state index contributed by atoms with van der Waals surface area (Å²) in [4.78, 5) is 24.8. The summed E-state index contributed by atoms with van der Waals surface area (Å²) in [6.45, 7) is 6.51. The Morgan fingerprint density at radius 2 is 2.14 bits per heavy atom. The molecule has 0 unspecified atom stereocenters. The first-order valence-electron chi connectivity index (χ1n) is 6.97. The lowest BCUT2D eigenvalue weighted by Gasteiger charge is -2.34. The Bertz CT molecular complexity index is 549. The van der Waals surface area contributed by atoms with E-state index in [2.05, 4.69) is 11.8 Å². The zero-order valence-electron chi connectivity index (χ0n) is 13.1. The number of carbonyl (C=O) groups excluding carboxylic acids is 1. The Hall–Kier alpha value is -1.84. The fourth-order valence-electron chi connectivity index (χ4n) is 1.78. The van der Waals surface area contributed by atoms with Crippen LogP contribution >= 0.6 is 11.3 Å². The first kappa shape index (κ1) is 18.2. The van der Waals surface area contributed by atoms with Crippen LogP contribution in [0.4, 0.5) is 0 Å². The molecule has 0 aliphatic heterocycles. The Morgan fingerprint density at radius 1 is 1.41 bits per heavy atom. The van der Waals surface area contributed by atoms with E-state index in [0.717, 1.165) is 4.88 Å². The highest BCUT2D eigenvalue weighted by atomic mass is 32.1. The van der Waals surface area contributed by atoms with Gasteiger partial charge in [0.05, 0.1) is 4.88 Å². The smallest absolute Gasteiger partial charge is 0.394 e. The number of thiophene rings is 1. The molecule has 0 saturated heterocycles. The minimum atomic E-state index is -1.43. The van der Waals surface area contributed by atoms with Crippen molar-refractivity contribution in [2.75, 3.05) is 19.8 Å². The fraction of sp³-hybridized carbons (Fsp3) is 0.500. The number of hydrogen-bond acceptors (Lipinski definition) is 4. The zero-order chi connectivity index (χ0) is 16.6. The van der Waals surface area contributed by atoms with Gasteiger partial charge in [-0.25, -0.2) is 4.79 Å². The second kappa shape index (κ2) is 8.57. The molecule has 0 bridgehead atoms. The van der Waals surface area contributed by atoms with E-state index < -0.39 is 17.4 Å². The average Bonchev–Trinajstić information content (AvgIpc) is 2.92. The van der Waals surface area contributed by atoms with Gasteiger partial charge in [0.25, 0.3) is 0 Å². The van der Waals surface area contributed by atoms with E-state index in [1.807, 2.05) is 17.5 Å². The maximum absolute atomic E-state index is 11.7. The van der Waals surface area contributed by atoms with E-state index >= 15 is 0 Å². The molecule has 22 heavy (non-hydrogen) atoms. The number of carboxylic acid groups (broad SMARTS) is 1. The summed E-state index contributed by atoms with van der Waals surface area (Å²) < 4.78 is 5.38. The molecule has 0 fully saturated rings. The van der Waals surface area contributed by atoms with Gasteiger partial charge in [-0.2, -0.15) is 0 Å². The molecule has 0 aliphatic carbocycles. The van der Waals surface area contributed by atoms with Crippen molar-refractivity contribution in [2.24, 2.45) is 0 Å². The van der Waals surface area contributed by atoms with Crippen molar-refractivity contribution in [1.82, 2.24) is 4.90 Å². The molecular formula is C16H21NO4S. The van der Waals surface area contributed by atoms with Crippen LogP contribution in [0.15, 0.2) is 17.5 Å². The van der Waals surface area contributed by atoms with Crippen LogP contribution < -0.4 is 0 Å². The van der Waals surface area contributed by atoms with Gasteiger partial charge in [-0.1, -0.05) is 17.9 Å². The van der Waals surface area contributed by atoms with Crippen LogP contribution in [0.1, 0.15) is 32.1 Å². The van der Waals surface area contributed by atoms with Gasteiger partial charge in [0.1, 0.15) is 6.61 Å². The Kier molecular flexibility index (Phi) is 7.09. The predicted molar refractivity (Wildman–Crippen MR) is 85.7 cm³/mol. The highest BCUT2D eigenvalue weighted by molar-refractivity contribution is 7.10. The Morgan fingerprint density at radius 3 is 2.68 bits per heavy atom. The van der Waals surface area contributed by atoms with Gasteiger partial charge in [0.15, 0.2) is 0 Å². The van der Waals surface area contributed by atoms with Gasteiger partial charge >= 0.3 is 11.9 Å². The number of nitrogens with zero attached hydrogens (tertiary/aromatic N) is 1. The molecule has 0 aromatic carbocycles. The zero-order valence-corrected chi connectivity index (χ0v) is 13.9. The molecule has 0 radical (unpaired) electrons. The summed E-state index contributed by atoms with van der Waals surface area (Å²) >= 11 is 1.57. The van der Waals surface area contributed by atoms with Crippen molar-refractivity contribution in [1.29, 1.82) is 0 Å². The van der Waals surface area contributed by atoms with Crippen LogP contribution in [-0.4, -0.2) is 47.2 Å². The fourth-order valence-corrected chi connectivity index (χ4v) is 2.37. The quantitative estimate of drug-likeness (QED) is 0.512. The Balaban J connectivity index is 2.31. The van der Waals surface area contributed by atoms with Gasteiger partial charge in [0.2, 0.25) is 0 Å². The topological polar surface area (TPSA) is 66.8 Å². The van der Waals surface area contributed by atoms with Crippen LogP contribution in [0.5, 0.6) is 0 Å². The van der Waals surface area contributed by atoms with Crippen molar-refractivity contribution in [3.05, 3.63) is 22.4 Å². The van der Waals surface area contributed by atoms with Crippen molar-refractivity contribution in [3.63, 3.8) is 0 Å². The first-order valence-corrected chi connectivity index (χ1v) is 7.85. The predicted octanol–water partition coefficient (Wildman–Crippen LogP) is 2.22. The number of ether oxygens (including phenoxy) is 1. The standard InChI is InChI=1S/C16H21NO4S/c1-16(2,3)17(14(18)15(19)20)9-6-11-21-10-4-7-13-8-5-12-22-13/h5,8,12H,6,9-11H2,1-3H3,(H,19,20). The maximum atomic E-state index is 11.7. The summed E-state index contributed by atoms with van der Waals surface area (Å²) in [5, 5.41) is 10.8. The second-order valence-electron chi connectivity index (χ2n) is 5.62. The summed E-state index contributed by atoms with van der Waals surface area (Å²) in [6, 6.07) is 3.88. The second-order valence-corrected chi connectivity index (χ2v) is 6.57. The molecule has 0 aliphatic rings. The summed E-state index contributed by atoms with van der Waals surface area (Å²) in [5.41, 5.74) is -0.533. The van der Waals surface area contributed by atoms with E-state index in [-0.39, 0.29) is 0 Å². The molecule has 0 spiro atoms. The van der Waals surface area contributed by atoms with Crippen LogP contribution in [0, 0.1) is 11.8 Å². The van der Waals surface area contributed by atoms with Crippen LogP contribution in [-0.2, 0) is 14.3 Å². The molecule has 1 amide bonds. The number of carbonyl (C=O) groups is 2. The minimum absolute atomic E-state index is 0.320.